The third-order valence-corrected chi connectivity index (χ3v) is 7.97. The van der Waals surface area contributed by atoms with Gasteiger partial charge < -0.3 is 25.2 Å². The molecule has 0 aliphatic carbocycles. The maximum Gasteiger partial charge on any atom is 0.407 e. The van der Waals surface area contributed by atoms with Crippen molar-refractivity contribution in [2.75, 3.05) is 26.2 Å². The summed E-state index contributed by atoms with van der Waals surface area (Å²) in [5.74, 6) is -0.222. The van der Waals surface area contributed by atoms with Crippen LogP contribution in [0.2, 0.25) is 0 Å². The molecule has 0 unspecified atom stereocenters. The molecule has 8 nitrogen and oxygen atoms in total. The number of piperidine rings is 1. The minimum Gasteiger partial charge on any atom is -0.445 e. The molecular weight excluding hydrogens is 528 g/mol. The fourth-order valence-electron chi connectivity index (χ4n) is 5.78. The molecule has 0 bridgehead atoms. The van der Waals surface area contributed by atoms with Crippen LogP contribution in [0, 0.1) is 0 Å². The Balaban J connectivity index is 0.00000441. The Morgan fingerprint density at radius 1 is 0.975 bits per heavy atom. The zero-order valence-electron chi connectivity index (χ0n) is 23.6. The number of piperazine rings is 1. The van der Waals surface area contributed by atoms with E-state index in [1.807, 2.05) is 55.1 Å². The molecule has 9 heteroatoms. The van der Waals surface area contributed by atoms with E-state index in [4.69, 9.17) is 4.74 Å². The van der Waals surface area contributed by atoms with Crippen molar-refractivity contribution < 1.29 is 19.1 Å². The fraction of sp³-hybridized carbons (Fsp3) is 0.516. The first-order valence-electron chi connectivity index (χ1n) is 14.3. The number of hydrogen-bond acceptors (Lipinski definition) is 5. The highest BCUT2D eigenvalue weighted by Gasteiger charge is 2.54. The van der Waals surface area contributed by atoms with Crippen molar-refractivity contribution in [3.8, 4) is 0 Å². The number of likely N-dealkylation sites (tertiary alicyclic amines) is 1. The van der Waals surface area contributed by atoms with Crippen LogP contribution in [0.25, 0.3) is 0 Å². The van der Waals surface area contributed by atoms with Gasteiger partial charge in [-0.05, 0) is 43.2 Å². The molecule has 2 aliphatic rings. The largest absolute Gasteiger partial charge is 0.445 e. The lowest BCUT2D eigenvalue weighted by atomic mass is 9.80. The normalized spacial score (nSPS) is 19.4. The monoisotopic (exact) mass is 570 g/mol. The molecule has 0 aromatic heterocycles. The second-order valence-corrected chi connectivity index (χ2v) is 10.7. The first-order chi connectivity index (χ1) is 19.0. The summed E-state index contributed by atoms with van der Waals surface area (Å²) in [4.78, 5) is 44.5. The fourth-order valence-corrected chi connectivity index (χ4v) is 5.78. The number of carbonyl (C=O) groups is 3. The van der Waals surface area contributed by atoms with E-state index in [1.165, 1.54) is 5.56 Å². The lowest BCUT2D eigenvalue weighted by Crippen LogP contribution is -2.75. The van der Waals surface area contributed by atoms with Crippen LogP contribution in [0.1, 0.15) is 57.1 Å². The highest BCUT2D eigenvalue weighted by molar-refractivity contribution is 6.00. The topological polar surface area (TPSA) is 91.0 Å². The number of hydrogen-bond donors (Lipinski definition) is 2. The zero-order chi connectivity index (χ0) is 27.7. The predicted octanol–water partition coefficient (Wildman–Crippen LogP) is 4.32. The van der Waals surface area contributed by atoms with Gasteiger partial charge in [-0.1, -0.05) is 80.9 Å². The summed E-state index contributed by atoms with van der Waals surface area (Å²) >= 11 is 0. The summed E-state index contributed by atoms with van der Waals surface area (Å²) in [7, 11) is 0. The van der Waals surface area contributed by atoms with Gasteiger partial charge in [0, 0.05) is 26.2 Å². The van der Waals surface area contributed by atoms with E-state index in [2.05, 4.69) is 39.8 Å². The summed E-state index contributed by atoms with van der Waals surface area (Å²) in [6, 6.07) is 18.5. The van der Waals surface area contributed by atoms with E-state index in [-0.39, 0.29) is 30.8 Å². The van der Waals surface area contributed by atoms with Gasteiger partial charge in [-0.2, -0.15) is 0 Å². The van der Waals surface area contributed by atoms with Crippen LogP contribution < -0.4 is 10.6 Å². The van der Waals surface area contributed by atoms with Gasteiger partial charge in [0.1, 0.15) is 18.2 Å². The lowest BCUT2D eigenvalue weighted by Gasteiger charge is -2.52. The first kappa shape index (κ1) is 31.4. The molecule has 2 atom stereocenters. The number of benzene rings is 2. The summed E-state index contributed by atoms with van der Waals surface area (Å²) in [6.45, 7) is 7.14. The van der Waals surface area contributed by atoms with Crippen molar-refractivity contribution >= 4 is 30.3 Å². The van der Waals surface area contributed by atoms with Gasteiger partial charge in [0.15, 0.2) is 0 Å². The molecule has 2 aliphatic heterocycles. The number of nitrogens with zero attached hydrogens (tertiary/aromatic N) is 2. The molecular formula is C31H43ClN4O4. The number of rotatable bonds is 11. The van der Waals surface area contributed by atoms with Crippen LogP contribution >= 0.6 is 12.4 Å². The standard InChI is InChI=1S/C31H42N4O4.ClH/c1-3-11-26(32-30(38)39-23-25-14-9-6-10-15-25)27-28(36)35(19-4-2)31(29(37)33-27)17-21-34(22-18-31)20-16-24-12-7-5-8-13-24;/h5-10,12-15,26-27H,3-4,11,16-23H2,1-2H3,(H,32,38)(H,33,37);1H/t26-,27-;/m1./s1. The van der Waals surface area contributed by atoms with Crippen LogP contribution in [0.4, 0.5) is 4.79 Å². The molecule has 0 saturated carbocycles. The van der Waals surface area contributed by atoms with Crippen LogP contribution in [-0.4, -0.2) is 71.5 Å². The third-order valence-electron chi connectivity index (χ3n) is 7.97. The molecule has 2 fully saturated rings. The number of ether oxygens (including phenoxy) is 1. The zero-order valence-corrected chi connectivity index (χ0v) is 24.5. The highest BCUT2D eigenvalue weighted by atomic mass is 35.5. The second kappa shape index (κ2) is 15.1. The molecule has 2 aromatic carbocycles. The second-order valence-electron chi connectivity index (χ2n) is 10.7. The Labute approximate surface area is 244 Å². The Hall–Kier alpha value is -3.10. The van der Waals surface area contributed by atoms with Gasteiger partial charge in [0.05, 0.1) is 6.04 Å². The maximum absolute atomic E-state index is 13.9. The quantitative estimate of drug-likeness (QED) is 0.420. The molecule has 2 aromatic rings. The van der Waals surface area contributed by atoms with E-state index >= 15 is 0 Å². The van der Waals surface area contributed by atoms with Crippen molar-refractivity contribution in [1.29, 1.82) is 0 Å². The van der Waals surface area contributed by atoms with E-state index in [1.54, 1.807) is 0 Å². The SMILES string of the molecule is CCC[C@@H](NC(=O)OCc1ccccc1)[C@H]1NC(=O)C2(CCN(CCc3ccccc3)CC2)N(CCC)C1=O.Cl. The highest BCUT2D eigenvalue weighted by Crippen LogP contribution is 2.34. The van der Waals surface area contributed by atoms with Crippen LogP contribution in [0.5, 0.6) is 0 Å². The molecule has 2 N–H and O–H groups in total. The summed E-state index contributed by atoms with van der Waals surface area (Å²) in [5, 5.41) is 5.90. The summed E-state index contributed by atoms with van der Waals surface area (Å²) in [6.07, 6.45) is 3.65. The molecule has 218 valence electrons. The van der Waals surface area contributed by atoms with E-state index in [0.29, 0.717) is 25.8 Å². The molecule has 40 heavy (non-hydrogen) atoms. The van der Waals surface area contributed by atoms with Gasteiger partial charge in [0.25, 0.3) is 0 Å². The molecule has 3 amide bonds. The van der Waals surface area contributed by atoms with Crippen LogP contribution in [0.3, 0.4) is 0 Å². The molecule has 4 rings (SSSR count). The van der Waals surface area contributed by atoms with E-state index in [0.717, 1.165) is 44.5 Å². The van der Waals surface area contributed by atoms with Crippen molar-refractivity contribution in [3.05, 3.63) is 71.8 Å². The van der Waals surface area contributed by atoms with E-state index < -0.39 is 23.7 Å². The van der Waals surface area contributed by atoms with Crippen molar-refractivity contribution in [2.24, 2.45) is 0 Å². The average molecular weight is 571 g/mol. The van der Waals surface area contributed by atoms with Gasteiger partial charge in [-0.15, -0.1) is 12.4 Å². The number of carbonyl (C=O) groups excluding carboxylic acids is 3. The van der Waals surface area contributed by atoms with Crippen molar-refractivity contribution in [2.45, 2.75) is 76.6 Å². The summed E-state index contributed by atoms with van der Waals surface area (Å²) < 4.78 is 5.42. The smallest absolute Gasteiger partial charge is 0.407 e. The number of halogens is 1. The Kier molecular flexibility index (Phi) is 11.8. The minimum absolute atomic E-state index is 0. The Bertz CT molecular complexity index is 1090. The Morgan fingerprint density at radius 2 is 1.60 bits per heavy atom. The molecule has 2 heterocycles. The van der Waals surface area contributed by atoms with Gasteiger partial charge in [-0.3, -0.25) is 9.59 Å². The Morgan fingerprint density at radius 3 is 2.20 bits per heavy atom. The maximum atomic E-state index is 13.9. The number of amides is 3. The molecule has 1 spiro atoms. The average Bonchev–Trinajstić information content (AvgIpc) is 2.97. The van der Waals surface area contributed by atoms with Crippen LogP contribution in [0.15, 0.2) is 60.7 Å². The van der Waals surface area contributed by atoms with Gasteiger partial charge in [0.2, 0.25) is 11.8 Å². The summed E-state index contributed by atoms with van der Waals surface area (Å²) in [5.41, 5.74) is 1.35. The molecule has 0 radical (unpaired) electrons. The third kappa shape index (κ3) is 7.55. The van der Waals surface area contributed by atoms with Crippen molar-refractivity contribution in [1.82, 2.24) is 20.4 Å². The van der Waals surface area contributed by atoms with Crippen LogP contribution in [-0.2, 0) is 27.4 Å². The predicted molar refractivity (Wildman–Crippen MR) is 158 cm³/mol. The van der Waals surface area contributed by atoms with Crippen molar-refractivity contribution in [3.63, 3.8) is 0 Å². The number of alkyl carbamates (subject to hydrolysis) is 1. The first-order valence-corrected chi connectivity index (χ1v) is 14.3. The van der Waals surface area contributed by atoms with E-state index in [9.17, 15) is 14.4 Å². The minimum atomic E-state index is -0.836. The van der Waals surface area contributed by atoms with Gasteiger partial charge in [-0.25, -0.2) is 4.79 Å². The number of nitrogens with one attached hydrogen (secondary N) is 2. The lowest BCUT2D eigenvalue weighted by molar-refractivity contribution is -0.162. The van der Waals surface area contributed by atoms with Gasteiger partial charge >= 0.3 is 6.09 Å². The molecule has 2 saturated heterocycles.